The minimum Gasteiger partial charge on any atom is -0.461 e. The van der Waals surface area contributed by atoms with E-state index in [-0.39, 0.29) is 23.4 Å². The van der Waals surface area contributed by atoms with E-state index in [1.165, 1.54) is 12.3 Å². The van der Waals surface area contributed by atoms with E-state index >= 15 is 0 Å². The highest BCUT2D eigenvalue weighted by atomic mass is 35.5. The number of ketones is 2. The third-order valence-corrected chi connectivity index (χ3v) is 4.11. The van der Waals surface area contributed by atoms with E-state index in [2.05, 4.69) is 0 Å². The Bertz CT molecular complexity index is 760. The maximum Gasteiger partial charge on any atom is 0.222 e. The zero-order valence-electron chi connectivity index (χ0n) is 11.5. The largest absolute Gasteiger partial charge is 0.461 e. The van der Waals surface area contributed by atoms with Crippen molar-refractivity contribution in [3.8, 4) is 6.07 Å². The van der Waals surface area contributed by atoms with Crippen molar-refractivity contribution in [1.29, 1.82) is 5.26 Å². The molecule has 0 radical (unpaired) electrons. The fourth-order valence-electron chi connectivity index (χ4n) is 2.64. The molecule has 3 rings (SSSR count). The van der Waals surface area contributed by atoms with Crippen LogP contribution in [0, 0.1) is 23.2 Å². The topological polar surface area (TPSA) is 71.1 Å². The summed E-state index contributed by atoms with van der Waals surface area (Å²) in [5.74, 6) is -2.45. The Morgan fingerprint density at radius 3 is 2.77 bits per heavy atom. The highest BCUT2D eigenvalue weighted by Crippen LogP contribution is 2.49. The van der Waals surface area contributed by atoms with Crippen molar-refractivity contribution in [2.24, 2.45) is 11.8 Å². The lowest BCUT2D eigenvalue weighted by atomic mass is 9.94. The summed E-state index contributed by atoms with van der Waals surface area (Å²) in [4.78, 5) is 24.6. The third kappa shape index (κ3) is 2.68. The molecule has 0 amide bonds. The van der Waals surface area contributed by atoms with Crippen molar-refractivity contribution in [1.82, 2.24) is 0 Å². The van der Waals surface area contributed by atoms with Crippen molar-refractivity contribution in [3.05, 3.63) is 59.0 Å². The lowest BCUT2D eigenvalue weighted by molar-refractivity contribution is -0.121. The van der Waals surface area contributed by atoms with Gasteiger partial charge in [-0.3, -0.25) is 9.59 Å². The molecule has 1 aromatic heterocycles. The Balaban J connectivity index is 1.74. The van der Waals surface area contributed by atoms with Crippen LogP contribution in [0.3, 0.4) is 0 Å². The van der Waals surface area contributed by atoms with Crippen LogP contribution in [0.5, 0.6) is 0 Å². The number of rotatable bonds is 5. The van der Waals surface area contributed by atoms with Crippen LogP contribution in [0.15, 0.2) is 47.1 Å². The van der Waals surface area contributed by atoms with Gasteiger partial charge >= 0.3 is 0 Å². The molecule has 1 heterocycles. The predicted octanol–water partition coefficient (Wildman–Crippen LogP) is 3.63. The molecule has 4 nitrogen and oxygen atoms in total. The van der Waals surface area contributed by atoms with Gasteiger partial charge in [-0.1, -0.05) is 23.7 Å². The second kappa shape index (κ2) is 5.78. The minimum atomic E-state index is -1.31. The average Bonchev–Trinajstić information content (AvgIpc) is 3.13. The molecular weight excluding hydrogens is 302 g/mol. The first-order chi connectivity index (χ1) is 10.6. The number of benzene rings is 1. The molecule has 3 atom stereocenters. The van der Waals surface area contributed by atoms with Crippen LogP contribution in [0.1, 0.15) is 28.5 Å². The van der Waals surface area contributed by atoms with E-state index < -0.39 is 11.7 Å². The van der Waals surface area contributed by atoms with Gasteiger partial charge in [0.05, 0.1) is 12.3 Å². The number of carbonyl (C=O) groups excluding carboxylic acids is 2. The van der Waals surface area contributed by atoms with Crippen LogP contribution in [0.25, 0.3) is 0 Å². The van der Waals surface area contributed by atoms with Crippen LogP contribution < -0.4 is 0 Å². The van der Waals surface area contributed by atoms with Gasteiger partial charge in [0.2, 0.25) is 5.78 Å². The molecule has 0 saturated heterocycles. The van der Waals surface area contributed by atoms with Crippen LogP contribution >= 0.6 is 11.6 Å². The Morgan fingerprint density at radius 1 is 1.32 bits per heavy atom. The number of nitriles is 1. The quantitative estimate of drug-likeness (QED) is 0.624. The van der Waals surface area contributed by atoms with Gasteiger partial charge in [-0.15, -0.1) is 0 Å². The molecule has 1 aliphatic carbocycles. The summed E-state index contributed by atoms with van der Waals surface area (Å²) in [6.45, 7) is 0. The zero-order chi connectivity index (χ0) is 15.7. The van der Waals surface area contributed by atoms with Gasteiger partial charge in [-0.05, 0) is 42.2 Å². The van der Waals surface area contributed by atoms with Gasteiger partial charge in [0.15, 0.2) is 17.5 Å². The lowest BCUT2D eigenvalue weighted by Crippen LogP contribution is -2.24. The first kappa shape index (κ1) is 14.6. The van der Waals surface area contributed by atoms with Crippen molar-refractivity contribution < 1.29 is 14.0 Å². The Labute approximate surface area is 132 Å². The first-order valence-electron chi connectivity index (χ1n) is 6.88. The van der Waals surface area contributed by atoms with E-state index in [0.29, 0.717) is 11.4 Å². The Kier molecular flexibility index (Phi) is 3.82. The molecule has 22 heavy (non-hydrogen) atoms. The van der Waals surface area contributed by atoms with E-state index in [0.717, 1.165) is 5.56 Å². The molecule has 0 spiro atoms. The zero-order valence-corrected chi connectivity index (χ0v) is 12.3. The molecular formula is C17H12ClNO3. The number of Topliss-reactive ketones (excluding diaryl/α,β-unsaturated/α-hetero) is 2. The number of furan rings is 1. The summed E-state index contributed by atoms with van der Waals surface area (Å²) in [7, 11) is 0. The monoisotopic (exact) mass is 313 g/mol. The van der Waals surface area contributed by atoms with Gasteiger partial charge in [0.25, 0.3) is 0 Å². The maximum absolute atomic E-state index is 12.4. The summed E-state index contributed by atoms with van der Waals surface area (Å²) in [5, 5.41) is 9.80. The number of halogens is 1. The van der Waals surface area contributed by atoms with Gasteiger partial charge in [0.1, 0.15) is 0 Å². The minimum absolute atomic E-state index is 0.0338. The number of carbonyl (C=O) groups is 2. The van der Waals surface area contributed by atoms with Crippen molar-refractivity contribution in [2.75, 3.05) is 0 Å². The summed E-state index contributed by atoms with van der Waals surface area (Å²) < 4.78 is 4.99. The Morgan fingerprint density at radius 2 is 2.14 bits per heavy atom. The highest BCUT2D eigenvalue weighted by Gasteiger charge is 2.48. The van der Waals surface area contributed by atoms with Gasteiger partial charge in [-0.25, -0.2) is 0 Å². The number of hydrogen-bond donors (Lipinski definition) is 0. The van der Waals surface area contributed by atoms with Gasteiger partial charge in [0, 0.05) is 10.9 Å². The van der Waals surface area contributed by atoms with Crippen LogP contribution in [0.2, 0.25) is 5.02 Å². The summed E-state index contributed by atoms with van der Waals surface area (Å²) in [6.07, 6.45) is 1.99. The number of hydrogen-bond acceptors (Lipinski definition) is 4. The smallest absolute Gasteiger partial charge is 0.222 e. The van der Waals surface area contributed by atoms with Crippen LogP contribution in [-0.2, 0) is 4.79 Å². The predicted molar refractivity (Wildman–Crippen MR) is 79.4 cm³/mol. The number of nitrogens with zero attached hydrogens (tertiary/aromatic N) is 1. The molecule has 0 bridgehead atoms. The highest BCUT2D eigenvalue weighted by molar-refractivity contribution is 6.30. The summed E-state index contributed by atoms with van der Waals surface area (Å²) >= 11 is 5.95. The first-order valence-corrected chi connectivity index (χ1v) is 7.26. The molecule has 1 aromatic carbocycles. The van der Waals surface area contributed by atoms with Gasteiger partial charge < -0.3 is 4.42 Å². The van der Waals surface area contributed by atoms with Crippen LogP contribution in [-0.4, -0.2) is 11.6 Å². The summed E-state index contributed by atoms with van der Waals surface area (Å²) in [6, 6.07) is 12.1. The van der Waals surface area contributed by atoms with E-state index in [4.69, 9.17) is 16.0 Å². The SMILES string of the molecule is N#C[C@H](C(=O)c1ccco1)C(=O)[C@H]1C[C@@H]1c1cccc(Cl)c1. The van der Waals surface area contributed by atoms with Crippen LogP contribution in [0.4, 0.5) is 0 Å². The molecule has 1 saturated carbocycles. The summed E-state index contributed by atoms with van der Waals surface area (Å²) in [5.41, 5.74) is 0.966. The maximum atomic E-state index is 12.4. The molecule has 0 aliphatic heterocycles. The molecule has 0 N–H and O–H groups in total. The van der Waals surface area contributed by atoms with E-state index in [9.17, 15) is 14.9 Å². The molecule has 1 fully saturated rings. The second-order valence-electron chi connectivity index (χ2n) is 5.31. The average molecular weight is 314 g/mol. The van der Waals surface area contributed by atoms with Crippen molar-refractivity contribution >= 4 is 23.2 Å². The third-order valence-electron chi connectivity index (χ3n) is 3.87. The molecule has 1 aliphatic rings. The van der Waals surface area contributed by atoms with Crippen molar-refractivity contribution in [2.45, 2.75) is 12.3 Å². The molecule has 5 heteroatoms. The second-order valence-corrected chi connectivity index (χ2v) is 5.75. The fourth-order valence-corrected chi connectivity index (χ4v) is 2.84. The molecule has 110 valence electrons. The molecule has 2 aromatic rings. The van der Waals surface area contributed by atoms with Crippen molar-refractivity contribution in [3.63, 3.8) is 0 Å². The van der Waals surface area contributed by atoms with E-state index in [1.54, 1.807) is 12.1 Å². The Hall–Kier alpha value is -2.38. The lowest BCUT2D eigenvalue weighted by Gasteiger charge is -2.05. The van der Waals surface area contributed by atoms with Gasteiger partial charge in [-0.2, -0.15) is 5.26 Å². The molecule has 0 unspecified atom stereocenters. The fraction of sp³-hybridized carbons (Fsp3) is 0.235. The van der Waals surface area contributed by atoms with E-state index in [1.807, 2.05) is 24.3 Å². The normalized spacial score (nSPS) is 20.9. The standard InChI is InChI=1S/C17H12ClNO3/c18-11-4-1-3-10(7-11)12-8-13(12)16(20)14(9-19)17(21)15-5-2-6-22-15/h1-7,12-14H,8H2/t12-,13+,14+/m1/s1.